The smallest absolute Gasteiger partial charge is 0.163 e. The highest BCUT2D eigenvalue weighted by atomic mass is 32.2. The summed E-state index contributed by atoms with van der Waals surface area (Å²) in [6.07, 6.45) is 0. The van der Waals surface area contributed by atoms with Crippen LogP contribution in [0, 0.1) is 0 Å². The molecule has 138 valence electrons. The molecule has 0 spiro atoms. The van der Waals surface area contributed by atoms with Crippen molar-refractivity contribution in [3.8, 4) is 22.6 Å². The van der Waals surface area contributed by atoms with Crippen LogP contribution in [0.4, 0.5) is 5.69 Å². The van der Waals surface area contributed by atoms with E-state index >= 15 is 0 Å². The molecule has 2 aromatic carbocycles. The van der Waals surface area contributed by atoms with E-state index in [2.05, 4.69) is 17.0 Å². The van der Waals surface area contributed by atoms with Crippen LogP contribution < -0.4 is 15.2 Å². The van der Waals surface area contributed by atoms with Crippen LogP contribution in [0.15, 0.2) is 36.4 Å². The highest BCUT2D eigenvalue weighted by Gasteiger charge is 2.21. The minimum atomic E-state index is -2.84. The van der Waals surface area contributed by atoms with Gasteiger partial charge < -0.3 is 15.2 Å². The van der Waals surface area contributed by atoms with E-state index < -0.39 is 9.84 Å². The van der Waals surface area contributed by atoms with Gasteiger partial charge in [-0.05, 0) is 17.2 Å². The van der Waals surface area contributed by atoms with Gasteiger partial charge in [0.25, 0.3) is 0 Å². The summed E-state index contributed by atoms with van der Waals surface area (Å²) in [6.45, 7) is 3.03. The van der Waals surface area contributed by atoms with Crippen molar-refractivity contribution in [1.29, 1.82) is 0 Å². The van der Waals surface area contributed by atoms with E-state index in [0.29, 0.717) is 37.7 Å². The first-order valence-corrected chi connectivity index (χ1v) is 10.5. The standard InChI is InChI=1S/C19H22N2O4S/c20-17-12-19-18(24-7-8-25-19)11-16(17)15-3-1-14(2-4-15)13-21-5-9-26(22,23)10-6-21/h1-4,11-12H,5-10,13,20H2. The van der Waals surface area contributed by atoms with Gasteiger partial charge in [-0.15, -0.1) is 0 Å². The molecule has 0 amide bonds. The van der Waals surface area contributed by atoms with Crippen LogP contribution in [-0.4, -0.2) is 51.1 Å². The second kappa shape index (κ2) is 6.81. The Morgan fingerprint density at radius 1 is 0.962 bits per heavy atom. The molecule has 0 aromatic heterocycles. The van der Waals surface area contributed by atoms with Crippen molar-refractivity contribution >= 4 is 15.5 Å². The van der Waals surface area contributed by atoms with Gasteiger partial charge in [-0.2, -0.15) is 0 Å². The Morgan fingerprint density at radius 2 is 1.58 bits per heavy atom. The van der Waals surface area contributed by atoms with Gasteiger partial charge in [0, 0.05) is 37.0 Å². The van der Waals surface area contributed by atoms with Crippen molar-refractivity contribution in [3.63, 3.8) is 0 Å². The molecule has 6 nitrogen and oxygen atoms in total. The van der Waals surface area contributed by atoms with Crippen molar-refractivity contribution < 1.29 is 17.9 Å². The number of nitrogens with zero attached hydrogens (tertiary/aromatic N) is 1. The molecule has 0 unspecified atom stereocenters. The predicted octanol–water partition coefficient (Wildman–Crippen LogP) is 1.94. The summed E-state index contributed by atoms with van der Waals surface area (Å²) in [4.78, 5) is 2.18. The van der Waals surface area contributed by atoms with E-state index in [9.17, 15) is 8.42 Å². The molecule has 0 atom stereocenters. The molecule has 2 aromatic rings. The monoisotopic (exact) mass is 374 g/mol. The van der Waals surface area contributed by atoms with Crippen molar-refractivity contribution in [1.82, 2.24) is 4.90 Å². The first kappa shape index (κ1) is 17.2. The fourth-order valence-electron chi connectivity index (χ4n) is 3.31. The number of benzene rings is 2. The summed E-state index contributed by atoms with van der Waals surface area (Å²) < 4.78 is 34.3. The molecule has 2 aliphatic heterocycles. The lowest BCUT2D eigenvalue weighted by molar-refractivity contribution is 0.172. The molecular formula is C19H22N2O4S. The zero-order valence-electron chi connectivity index (χ0n) is 14.5. The number of hydrogen-bond donors (Lipinski definition) is 1. The van der Waals surface area contributed by atoms with Gasteiger partial charge in [0.1, 0.15) is 13.2 Å². The molecule has 26 heavy (non-hydrogen) atoms. The number of ether oxygens (including phenoxy) is 2. The fraction of sp³-hybridized carbons (Fsp3) is 0.368. The maximum atomic E-state index is 11.5. The minimum Gasteiger partial charge on any atom is -0.486 e. The fourth-order valence-corrected chi connectivity index (χ4v) is 4.59. The quantitative estimate of drug-likeness (QED) is 0.827. The molecule has 0 saturated carbocycles. The van der Waals surface area contributed by atoms with Crippen LogP contribution in [-0.2, 0) is 16.4 Å². The van der Waals surface area contributed by atoms with Crippen LogP contribution in [0.5, 0.6) is 11.5 Å². The van der Waals surface area contributed by atoms with Gasteiger partial charge in [-0.25, -0.2) is 8.42 Å². The topological polar surface area (TPSA) is 81.9 Å². The zero-order chi connectivity index (χ0) is 18.1. The Balaban J connectivity index is 1.50. The van der Waals surface area contributed by atoms with Crippen LogP contribution in [0.1, 0.15) is 5.56 Å². The maximum Gasteiger partial charge on any atom is 0.163 e. The first-order valence-electron chi connectivity index (χ1n) is 8.71. The van der Waals surface area contributed by atoms with E-state index in [1.165, 1.54) is 0 Å². The SMILES string of the molecule is Nc1cc2c(cc1-c1ccc(CN3CCS(=O)(=O)CC3)cc1)OCCO2. The number of anilines is 1. The molecule has 0 bridgehead atoms. The summed E-state index contributed by atoms with van der Waals surface area (Å²) in [7, 11) is -2.84. The second-order valence-corrected chi connectivity index (χ2v) is 9.01. The molecule has 2 N–H and O–H groups in total. The van der Waals surface area contributed by atoms with Crippen LogP contribution >= 0.6 is 0 Å². The molecule has 0 aliphatic carbocycles. The summed E-state index contributed by atoms with van der Waals surface area (Å²) in [6, 6.07) is 11.9. The number of nitrogens with two attached hydrogens (primary N) is 1. The molecule has 2 heterocycles. The number of hydrogen-bond acceptors (Lipinski definition) is 6. The lowest BCUT2D eigenvalue weighted by atomic mass is 10.0. The average Bonchev–Trinajstić information content (AvgIpc) is 2.64. The third kappa shape index (κ3) is 3.64. The maximum absolute atomic E-state index is 11.5. The molecule has 4 rings (SSSR count). The van der Waals surface area contributed by atoms with Crippen LogP contribution in [0.2, 0.25) is 0 Å². The van der Waals surface area contributed by atoms with Gasteiger partial charge in [0.2, 0.25) is 0 Å². The van der Waals surface area contributed by atoms with Gasteiger partial charge >= 0.3 is 0 Å². The Kier molecular flexibility index (Phi) is 4.50. The molecule has 7 heteroatoms. The summed E-state index contributed by atoms with van der Waals surface area (Å²) in [5.74, 6) is 1.91. The van der Waals surface area contributed by atoms with Crippen molar-refractivity contribution in [2.45, 2.75) is 6.54 Å². The van der Waals surface area contributed by atoms with Crippen LogP contribution in [0.25, 0.3) is 11.1 Å². The second-order valence-electron chi connectivity index (χ2n) is 6.71. The predicted molar refractivity (Wildman–Crippen MR) is 101 cm³/mol. The summed E-state index contributed by atoms with van der Waals surface area (Å²) in [5.41, 5.74) is 9.94. The van der Waals surface area contributed by atoms with E-state index in [-0.39, 0.29) is 11.5 Å². The van der Waals surface area contributed by atoms with Crippen molar-refractivity contribution in [2.75, 3.05) is 43.5 Å². The van der Waals surface area contributed by atoms with E-state index in [4.69, 9.17) is 15.2 Å². The summed E-state index contributed by atoms with van der Waals surface area (Å²) in [5, 5.41) is 0. The number of nitrogen functional groups attached to an aromatic ring is 1. The van der Waals surface area contributed by atoms with E-state index in [0.717, 1.165) is 29.0 Å². The molecule has 1 saturated heterocycles. The molecule has 1 fully saturated rings. The highest BCUT2D eigenvalue weighted by molar-refractivity contribution is 7.91. The van der Waals surface area contributed by atoms with Gasteiger partial charge in [0.05, 0.1) is 11.5 Å². The summed E-state index contributed by atoms with van der Waals surface area (Å²) >= 11 is 0. The lowest BCUT2D eigenvalue weighted by Gasteiger charge is -2.26. The number of fused-ring (bicyclic) bond motifs is 1. The van der Waals surface area contributed by atoms with Crippen molar-refractivity contribution in [3.05, 3.63) is 42.0 Å². The Bertz CT molecular complexity index is 896. The van der Waals surface area contributed by atoms with Gasteiger partial charge in [-0.3, -0.25) is 4.90 Å². The molecular weight excluding hydrogens is 352 g/mol. The highest BCUT2D eigenvalue weighted by Crippen LogP contribution is 2.38. The Labute approximate surface area is 153 Å². The third-order valence-corrected chi connectivity index (χ3v) is 6.43. The average molecular weight is 374 g/mol. The third-order valence-electron chi connectivity index (χ3n) is 4.82. The van der Waals surface area contributed by atoms with E-state index in [1.807, 2.05) is 24.3 Å². The Hall–Kier alpha value is -2.25. The van der Waals surface area contributed by atoms with E-state index in [1.54, 1.807) is 0 Å². The largest absolute Gasteiger partial charge is 0.486 e. The Morgan fingerprint density at radius 3 is 2.23 bits per heavy atom. The van der Waals surface area contributed by atoms with Gasteiger partial charge in [-0.1, -0.05) is 24.3 Å². The lowest BCUT2D eigenvalue weighted by Crippen LogP contribution is -2.39. The molecule has 2 aliphatic rings. The normalized spacial score (nSPS) is 19.2. The first-order chi connectivity index (χ1) is 12.5. The van der Waals surface area contributed by atoms with Crippen molar-refractivity contribution in [2.24, 2.45) is 0 Å². The molecule has 0 radical (unpaired) electrons. The zero-order valence-corrected chi connectivity index (χ0v) is 15.3. The number of sulfone groups is 1. The van der Waals surface area contributed by atoms with Crippen LogP contribution in [0.3, 0.4) is 0 Å². The van der Waals surface area contributed by atoms with Gasteiger partial charge in [0.15, 0.2) is 21.3 Å². The minimum absolute atomic E-state index is 0.249. The number of rotatable bonds is 3.